The number of hydrogen-bond acceptors (Lipinski definition) is 6. The number of ketones is 1. The van der Waals surface area contributed by atoms with Gasteiger partial charge in [-0.3, -0.25) is 9.59 Å². The van der Waals surface area contributed by atoms with Crippen molar-refractivity contribution in [3.05, 3.63) is 59.9 Å². The first-order valence-corrected chi connectivity index (χ1v) is 12.5. The Morgan fingerprint density at radius 3 is 2.59 bits per heavy atom. The Morgan fingerprint density at radius 1 is 1.18 bits per heavy atom. The van der Waals surface area contributed by atoms with Crippen molar-refractivity contribution in [2.45, 2.75) is 25.1 Å². The number of halogens is 1. The number of carbonyl (C=O) groups excluding carboxylic acids is 2. The summed E-state index contributed by atoms with van der Waals surface area (Å²) in [6.07, 6.45) is 2.91. The molecule has 1 aliphatic heterocycles. The normalized spacial score (nSPS) is 17.2. The van der Waals surface area contributed by atoms with Gasteiger partial charge in [0.15, 0.2) is 11.5 Å². The van der Waals surface area contributed by atoms with E-state index < -0.39 is 21.6 Å². The number of hydrogen-bond donors (Lipinski definition) is 3. The minimum Gasteiger partial charge on any atom is -0.355 e. The largest absolute Gasteiger partial charge is 0.355 e. The number of para-hydroxylation sites is 1. The van der Waals surface area contributed by atoms with Crippen molar-refractivity contribution in [3.8, 4) is 11.3 Å². The highest BCUT2D eigenvalue weighted by Crippen LogP contribution is 2.41. The van der Waals surface area contributed by atoms with E-state index in [2.05, 4.69) is 20.6 Å². The van der Waals surface area contributed by atoms with Crippen LogP contribution in [0.4, 0.5) is 21.6 Å². The number of anilines is 3. The Kier molecular flexibility index (Phi) is 5.25. The second kappa shape index (κ2) is 8.03. The molecule has 0 saturated heterocycles. The van der Waals surface area contributed by atoms with Gasteiger partial charge in [0, 0.05) is 23.1 Å². The molecule has 0 radical (unpaired) electrons. The summed E-state index contributed by atoms with van der Waals surface area (Å²) in [7, 11) is -3.58. The number of nitrogens with zero attached hydrogens (tertiary/aromatic N) is 2. The molecular formula is C23H22FN5O4S. The van der Waals surface area contributed by atoms with Crippen LogP contribution < -0.4 is 10.6 Å². The molecule has 2 aliphatic rings. The number of pyridine rings is 1. The van der Waals surface area contributed by atoms with Crippen LogP contribution in [0, 0.1) is 0 Å². The SMILES string of the molecule is CS(=O)(=O)N1CC(=O)c2c([nH]c(-c3ccnc(NC(=O)C4(F)CC4)c3)c2Nc2ccccc2)C1. The van der Waals surface area contributed by atoms with Gasteiger partial charge in [0.05, 0.1) is 36.3 Å². The molecule has 11 heteroatoms. The maximum Gasteiger partial charge on any atom is 0.263 e. The molecule has 1 amide bonds. The number of aromatic nitrogens is 2. The van der Waals surface area contributed by atoms with E-state index in [9.17, 15) is 22.4 Å². The van der Waals surface area contributed by atoms with E-state index in [1.54, 1.807) is 12.1 Å². The third kappa shape index (κ3) is 4.19. The van der Waals surface area contributed by atoms with Gasteiger partial charge >= 0.3 is 0 Å². The number of aromatic amines is 1. The van der Waals surface area contributed by atoms with E-state index in [4.69, 9.17) is 0 Å². The van der Waals surface area contributed by atoms with Crippen molar-refractivity contribution >= 4 is 38.9 Å². The second-order valence-corrected chi connectivity index (χ2v) is 10.5. The summed E-state index contributed by atoms with van der Waals surface area (Å²) >= 11 is 0. The van der Waals surface area contributed by atoms with Gasteiger partial charge in [0.1, 0.15) is 5.82 Å². The number of sulfonamides is 1. The first-order valence-electron chi connectivity index (χ1n) is 10.7. The molecule has 3 aromatic rings. The molecule has 5 rings (SSSR count). The van der Waals surface area contributed by atoms with E-state index in [0.29, 0.717) is 28.2 Å². The zero-order valence-corrected chi connectivity index (χ0v) is 19.1. The van der Waals surface area contributed by atoms with Gasteiger partial charge in [-0.25, -0.2) is 17.8 Å². The molecular weight excluding hydrogens is 461 g/mol. The number of Topliss-reactive ketones (excluding diaryl/α,β-unsaturated/α-hetero) is 1. The number of benzene rings is 1. The minimum atomic E-state index is -3.58. The predicted molar refractivity (Wildman–Crippen MR) is 125 cm³/mol. The van der Waals surface area contributed by atoms with Crippen LogP contribution in [-0.2, 0) is 21.4 Å². The van der Waals surface area contributed by atoms with Crippen LogP contribution in [-0.4, -0.2) is 52.9 Å². The standard InChI is InChI=1S/C23H22FN5O4S/c1-34(32,33)29-12-16-19(17(30)13-29)21(26-15-5-3-2-4-6-15)20(27-16)14-7-10-25-18(11-14)28-22(31)23(24)8-9-23/h2-7,10-11,26-27H,8-9,12-13H2,1H3,(H,25,28,31). The van der Waals surface area contributed by atoms with E-state index in [1.165, 1.54) is 6.20 Å². The second-order valence-electron chi connectivity index (χ2n) is 8.52. The highest BCUT2D eigenvalue weighted by molar-refractivity contribution is 7.88. The van der Waals surface area contributed by atoms with Crippen LogP contribution in [0.3, 0.4) is 0 Å². The fourth-order valence-corrected chi connectivity index (χ4v) is 4.63. The molecule has 3 N–H and O–H groups in total. The fraction of sp³-hybridized carbons (Fsp3) is 0.261. The Balaban J connectivity index is 1.57. The number of fused-ring (bicyclic) bond motifs is 1. The summed E-state index contributed by atoms with van der Waals surface area (Å²) in [5.74, 6) is -0.901. The Morgan fingerprint density at radius 2 is 1.91 bits per heavy atom. The molecule has 0 spiro atoms. The molecule has 34 heavy (non-hydrogen) atoms. The smallest absolute Gasteiger partial charge is 0.263 e. The lowest BCUT2D eigenvalue weighted by Crippen LogP contribution is -2.38. The van der Waals surface area contributed by atoms with E-state index >= 15 is 0 Å². The lowest BCUT2D eigenvalue weighted by Gasteiger charge is -2.24. The number of carbonyl (C=O) groups is 2. The zero-order chi connectivity index (χ0) is 24.1. The average Bonchev–Trinajstić information content (AvgIpc) is 3.45. The summed E-state index contributed by atoms with van der Waals surface area (Å²) in [6.45, 7) is -0.245. The van der Waals surface area contributed by atoms with Crippen LogP contribution in [0.15, 0.2) is 48.7 Å². The summed E-state index contributed by atoms with van der Waals surface area (Å²) in [4.78, 5) is 32.5. The Bertz CT molecular complexity index is 1400. The molecule has 0 bridgehead atoms. The summed E-state index contributed by atoms with van der Waals surface area (Å²) in [6, 6.07) is 12.5. The molecule has 3 heterocycles. The minimum absolute atomic E-state index is 0.0163. The van der Waals surface area contributed by atoms with E-state index in [0.717, 1.165) is 16.2 Å². The summed E-state index contributed by atoms with van der Waals surface area (Å²) in [5, 5.41) is 5.78. The number of alkyl halides is 1. The Labute approximate surface area is 195 Å². The third-order valence-corrected chi connectivity index (χ3v) is 7.11. The van der Waals surface area contributed by atoms with Crippen molar-refractivity contribution in [1.29, 1.82) is 0 Å². The molecule has 0 atom stereocenters. The lowest BCUT2D eigenvalue weighted by molar-refractivity contribution is -0.122. The maximum absolute atomic E-state index is 14.1. The van der Waals surface area contributed by atoms with Gasteiger partial charge in [-0.15, -0.1) is 0 Å². The van der Waals surface area contributed by atoms with Crippen molar-refractivity contribution in [2.24, 2.45) is 0 Å². The molecule has 1 fully saturated rings. The number of rotatable bonds is 6. The van der Waals surface area contributed by atoms with Gasteiger partial charge in [0.2, 0.25) is 10.0 Å². The molecule has 1 aromatic carbocycles. The number of amides is 1. The molecule has 9 nitrogen and oxygen atoms in total. The average molecular weight is 484 g/mol. The number of H-pyrrole nitrogens is 1. The van der Waals surface area contributed by atoms with Gasteiger partial charge in [-0.05, 0) is 37.1 Å². The topological polar surface area (TPSA) is 124 Å². The highest BCUT2D eigenvalue weighted by Gasteiger charge is 2.51. The number of nitrogens with one attached hydrogen (secondary N) is 3. The van der Waals surface area contributed by atoms with Crippen LogP contribution in [0.2, 0.25) is 0 Å². The summed E-state index contributed by atoms with van der Waals surface area (Å²) < 4.78 is 39.4. The third-order valence-electron chi connectivity index (χ3n) is 5.91. The van der Waals surface area contributed by atoms with Crippen LogP contribution in [0.25, 0.3) is 11.3 Å². The van der Waals surface area contributed by atoms with Crippen molar-refractivity contribution in [2.75, 3.05) is 23.4 Å². The predicted octanol–water partition coefficient (Wildman–Crippen LogP) is 3.22. The highest BCUT2D eigenvalue weighted by atomic mass is 32.2. The van der Waals surface area contributed by atoms with Gasteiger partial charge in [0.25, 0.3) is 5.91 Å². The monoisotopic (exact) mass is 483 g/mol. The van der Waals surface area contributed by atoms with E-state index in [1.807, 2.05) is 30.3 Å². The quantitative estimate of drug-likeness (QED) is 0.495. The first-order chi connectivity index (χ1) is 16.1. The van der Waals surface area contributed by atoms with Crippen molar-refractivity contribution in [1.82, 2.24) is 14.3 Å². The fourth-order valence-electron chi connectivity index (χ4n) is 3.91. The molecule has 2 aromatic heterocycles. The van der Waals surface area contributed by atoms with Crippen molar-refractivity contribution < 1.29 is 22.4 Å². The van der Waals surface area contributed by atoms with Gasteiger partial charge in [-0.1, -0.05) is 18.2 Å². The van der Waals surface area contributed by atoms with Crippen LogP contribution >= 0.6 is 0 Å². The molecule has 176 valence electrons. The maximum atomic E-state index is 14.1. The Hall–Kier alpha value is -3.57. The molecule has 0 unspecified atom stereocenters. The zero-order valence-electron chi connectivity index (χ0n) is 18.3. The lowest BCUT2D eigenvalue weighted by atomic mass is 10.0. The van der Waals surface area contributed by atoms with E-state index in [-0.39, 0.29) is 37.5 Å². The van der Waals surface area contributed by atoms with Gasteiger partial charge in [-0.2, -0.15) is 4.31 Å². The van der Waals surface area contributed by atoms with Gasteiger partial charge < -0.3 is 15.6 Å². The van der Waals surface area contributed by atoms with Crippen LogP contribution in [0.5, 0.6) is 0 Å². The molecule has 1 saturated carbocycles. The summed E-state index contributed by atoms with van der Waals surface area (Å²) in [5.41, 5.74) is 1.33. The van der Waals surface area contributed by atoms with Crippen LogP contribution in [0.1, 0.15) is 28.9 Å². The molecule has 1 aliphatic carbocycles. The first kappa shape index (κ1) is 22.2. The van der Waals surface area contributed by atoms with Crippen molar-refractivity contribution in [3.63, 3.8) is 0 Å².